The quantitative estimate of drug-likeness (QED) is 0.837. The highest BCUT2D eigenvalue weighted by molar-refractivity contribution is 5.89. The number of nitrogens with zero attached hydrogens (tertiary/aromatic N) is 3. The molecule has 0 aromatic carbocycles. The van der Waals surface area contributed by atoms with E-state index < -0.39 is 28.6 Å². The molecule has 5 atom stereocenters. The molecule has 24 heavy (non-hydrogen) atoms. The van der Waals surface area contributed by atoms with Crippen LogP contribution in [0.5, 0.6) is 0 Å². The van der Waals surface area contributed by atoms with E-state index in [9.17, 15) is 15.8 Å². The topological polar surface area (TPSA) is 114 Å². The Bertz CT molecular complexity index is 683. The molecule has 0 radical (unpaired) electrons. The van der Waals surface area contributed by atoms with Gasteiger partial charge in [-0.2, -0.15) is 15.8 Å². The Morgan fingerprint density at radius 1 is 1.25 bits per heavy atom. The summed E-state index contributed by atoms with van der Waals surface area (Å²) >= 11 is 0. The maximum Gasteiger partial charge on any atom is 0.217 e. The fraction of sp³-hybridized carbons (Fsp3) is 0.778. The molecule has 2 aliphatic heterocycles. The van der Waals surface area contributed by atoms with Crippen LogP contribution in [0.2, 0.25) is 0 Å². The highest BCUT2D eigenvalue weighted by Crippen LogP contribution is 2.67. The molecule has 0 aromatic rings. The zero-order chi connectivity index (χ0) is 17.8. The minimum absolute atomic E-state index is 0.191. The van der Waals surface area contributed by atoms with Crippen LogP contribution in [0.4, 0.5) is 0 Å². The van der Waals surface area contributed by atoms with Crippen LogP contribution >= 0.6 is 0 Å². The van der Waals surface area contributed by atoms with E-state index in [1.165, 1.54) is 0 Å². The summed E-state index contributed by atoms with van der Waals surface area (Å²) < 4.78 is 12.1. The van der Waals surface area contributed by atoms with E-state index in [0.29, 0.717) is 25.2 Å². The Morgan fingerprint density at radius 2 is 1.92 bits per heavy atom. The van der Waals surface area contributed by atoms with Crippen molar-refractivity contribution in [3.8, 4) is 18.2 Å². The monoisotopic (exact) mass is 326 g/mol. The van der Waals surface area contributed by atoms with Crippen molar-refractivity contribution in [2.24, 2.45) is 28.6 Å². The van der Waals surface area contributed by atoms with Crippen molar-refractivity contribution in [2.75, 3.05) is 0 Å². The summed E-state index contributed by atoms with van der Waals surface area (Å²) in [7, 11) is 0. The van der Waals surface area contributed by atoms with Crippen molar-refractivity contribution < 1.29 is 9.47 Å². The maximum atomic E-state index is 10.1. The normalized spacial score (nSPS) is 42.4. The lowest BCUT2D eigenvalue weighted by Gasteiger charge is -2.52. The predicted octanol–water partition coefficient (Wildman–Crippen LogP) is 3.11. The molecule has 3 fully saturated rings. The van der Waals surface area contributed by atoms with Gasteiger partial charge in [-0.05, 0) is 31.1 Å². The summed E-state index contributed by atoms with van der Waals surface area (Å²) in [6, 6.07) is 6.37. The zero-order valence-corrected chi connectivity index (χ0v) is 14.3. The van der Waals surface area contributed by atoms with Crippen molar-refractivity contribution in [2.45, 2.75) is 58.3 Å². The van der Waals surface area contributed by atoms with Crippen LogP contribution in [0.25, 0.3) is 0 Å². The minimum atomic E-state index is -1.72. The second kappa shape index (κ2) is 5.20. The molecular formula is C18H22N4O2. The van der Waals surface area contributed by atoms with Crippen molar-refractivity contribution >= 4 is 5.90 Å². The summed E-state index contributed by atoms with van der Waals surface area (Å²) in [4.78, 5) is 0. The van der Waals surface area contributed by atoms with Crippen LogP contribution in [0, 0.1) is 68.0 Å². The number of nitrogens with one attached hydrogen (secondary N) is 1. The third-order valence-electron chi connectivity index (χ3n) is 5.97. The van der Waals surface area contributed by atoms with Crippen molar-refractivity contribution in [1.29, 1.82) is 21.2 Å². The molecule has 2 saturated heterocycles. The Morgan fingerprint density at radius 3 is 2.46 bits per heavy atom. The summed E-state index contributed by atoms with van der Waals surface area (Å²) in [6.45, 7) is 6.06. The maximum absolute atomic E-state index is 10.1. The summed E-state index contributed by atoms with van der Waals surface area (Å²) in [5.41, 5.74) is -3.27. The van der Waals surface area contributed by atoms with E-state index in [-0.39, 0.29) is 11.8 Å². The van der Waals surface area contributed by atoms with Crippen molar-refractivity contribution in [3.63, 3.8) is 0 Å². The Labute approximate surface area is 142 Å². The van der Waals surface area contributed by atoms with E-state index >= 15 is 0 Å². The molecule has 1 N–H and O–H groups in total. The first-order valence-corrected chi connectivity index (χ1v) is 8.51. The number of ether oxygens (including phenoxy) is 2. The lowest BCUT2D eigenvalue weighted by atomic mass is 9.51. The van der Waals surface area contributed by atoms with Crippen LogP contribution < -0.4 is 0 Å². The SMILES string of the molecule is CC(C)CC1OC23CCC(C)CC2C(C#N)(C(=N)O3)C1(C#N)C#N. The second-order valence-corrected chi connectivity index (χ2v) is 7.86. The van der Waals surface area contributed by atoms with E-state index in [0.717, 1.165) is 6.42 Å². The molecule has 6 nitrogen and oxygen atoms in total. The molecule has 0 aromatic heterocycles. The number of nitriles is 3. The minimum Gasteiger partial charge on any atom is -0.447 e. The van der Waals surface area contributed by atoms with Gasteiger partial charge in [0.25, 0.3) is 0 Å². The molecule has 0 spiro atoms. The van der Waals surface area contributed by atoms with E-state index in [1.54, 1.807) is 0 Å². The lowest BCUT2D eigenvalue weighted by molar-refractivity contribution is -0.297. The lowest BCUT2D eigenvalue weighted by Crippen LogP contribution is -2.64. The van der Waals surface area contributed by atoms with Gasteiger partial charge in [0, 0.05) is 6.42 Å². The second-order valence-electron chi connectivity index (χ2n) is 7.86. The zero-order valence-electron chi connectivity index (χ0n) is 14.3. The fourth-order valence-corrected chi connectivity index (χ4v) is 4.78. The largest absolute Gasteiger partial charge is 0.447 e. The number of rotatable bonds is 2. The standard InChI is InChI=1S/C18H22N4O2/c1-11(2)6-14-16(8-19,9-20)17(10-21)13-7-12(3)4-5-18(13,23-14)24-15(17)22/h11-14,22H,4-7H2,1-3H3. The highest BCUT2D eigenvalue weighted by atomic mass is 16.7. The van der Waals surface area contributed by atoms with Crippen LogP contribution in [0.15, 0.2) is 0 Å². The van der Waals surface area contributed by atoms with Gasteiger partial charge >= 0.3 is 0 Å². The third-order valence-corrected chi connectivity index (χ3v) is 5.97. The molecule has 0 amide bonds. The van der Waals surface area contributed by atoms with Gasteiger partial charge < -0.3 is 9.47 Å². The molecule has 126 valence electrons. The first-order valence-electron chi connectivity index (χ1n) is 8.51. The predicted molar refractivity (Wildman–Crippen MR) is 84.1 cm³/mol. The molecule has 2 bridgehead atoms. The number of hydrogen-bond donors (Lipinski definition) is 1. The van der Waals surface area contributed by atoms with E-state index in [4.69, 9.17) is 14.9 Å². The van der Waals surface area contributed by atoms with Gasteiger partial charge in [-0.15, -0.1) is 0 Å². The molecule has 2 heterocycles. The fourth-order valence-electron chi connectivity index (χ4n) is 4.78. The first-order chi connectivity index (χ1) is 11.3. The first kappa shape index (κ1) is 16.7. The van der Waals surface area contributed by atoms with Crippen LogP contribution in [0.1, 0.15) is 46.5 Å². The van der Waals surface area contributed by atoms with Gasteiger partial charge in [-0.25, -0.2) is 0 Å². The van der Waals surface area contributed by atoms with Gasteiger partial charge in [0.1, 0.15) is 0 Å². The summed E-state index contributed by atoms with van der Waals surface area (Å²) in [5, 5.41) is 38.4. The summed E-state index contributed by atoms with van der Waals surface area (Å²) in [6.07, 6.45) is 1.83. The molecule has 5 unspecified atom stereocenters. The molecule has 1 aliphatic carbocycles. The van der Waals surface area contributed by atoms with Crippen LogP contribution in [-0.4, -0.2) is 17.8 Å². The third kappa shape index (κ3) is 1.74. The average Bonchev–Trinajstić information content (AvgIpc) is 2.73. The van der Waals surface area contributed by atoms with Crippen molar-refractivity contribution in [3.05, 3.63) is 0 Å². The van der Waals surface area contributed by atoms with Crippen LogP contribution in [0.3, 0.4) is 0 Å². The van der Waals surface area contributed by atoms with Crippen molar-refractivity contribution in [1.82, 2.24) is 0 Å². The van der Waals surface area contributed by atoms with E-state index in [1.807, 2.05) is 13.8 Å². The smallest absolute Gasteiger partial charge is 0.217 e. The van der Waals surface area contributed by atoms with Gasteiger partial charge in [-0.3, -0.25) is 5.41 Å². The molecular weight excluding hydrogens is 304 g/mol. The van der Waals surface area contributed by atoms with Gasteiger partial charge in [-0.1, -0.05) is 20.8 Å². The molecule has 6 heteroatoms. The van der Waals surface area contributed by atoms with Gasteiger partial charge in [0.05, 0.1) is 30.2 Å². The average molecular weight is 326 g/mol. The van der Waals surface area contributed by atoms with E-state index in [2.05, 4.69) is 25.1 Å². The van der Waals surface area contributed by atoms with Gasteiger partial charge in [0.15, 0.2) is 10.8 Å². The molecule has 3 rings (SSSR count). The Hall–Kier alpha value is -2.10. The Balaban J connectivity index is 2.24. The molecule has 1 saturated carbocycles. The summed E-state index contributed by atoms with van der Waals surface area (Å²) in [5.74, 6) is -1.22. The highest BCUT2D eigenvalue weighted by Gasteiger charge is 2.80. The number of hydrogen-bond acceptors (Lipinski definition) is 6. The van der Waals surface area contributed by atoms with Crippen LogP contribution in [-0.2, 0) is 9.47 Å². The Kier molecular flexibility index (Phi) is 3.63. The van der Waals surface area contributed by atoms with Gasteiger partial charge in [0.2, 0.25) is 11.7 Å². The molecule has 3 aliphatic rings.